The molecule has 1 rings (SSSR count). The number of ether oxygens (including phenoxy) is 1. The molecule has 1 atom stereocenters. The number of rotatable bonds is 7. The molecule has 1 unspecified atom stereocenters. The van der Waals surface area contributed by atoms with E-state index >= 15 is 0 Å². The minimum absolute atomic E-state index is 0.0852. The maximum absolute atomic E-state index is 11.9. The van der Waals surface area contributed by atoms with Crippen molar-refractivity contribution in [1.82, 2.24) is 5.32 Å². The Morgan fingerprint density at radius 2 is 1.82 bits per heavy atom. The fourth-order valence-electron chi connectivity index (χ4n) is 1.71. The quantitative estimate of drug-likeness (QED) is 0.763. The van der Waals surface area contributed by atoms with E-state index < -0.39 is 21.9 Å². The van der Waals surface area contributed by atoms with E-state index in [0.717, 1.165) is 12.7 Å². The first-order chi connectivity index (χ1) is 10.2. The summed E-state index contributed by atoms with van der Waals surface area (Å²) in [5.74, 6) is -1.05. The van der Waals surface area contributed by atoms with Crippen molar-refractivity contribution in [1.29, 1.82) is 0 Å². The monoisotopic (exact) mass is 327 g/mol. The highest BCUT2D eigenvalue weighted by molar-refractivity contribution is 7.89. The molecule has 0 aliphatic carbocycles. The van der Waals surface area contributed by atoms with E-state index in [2.05, 4.69) is 5.32 Å². The molecule has 0 bridgehead atoms. The Morgan fingerprint density at radius 1 is 1.23 bits per heavy atom. The van der Waals surface area contributed by atoms with Gasteiger partial charge >= 0.3 is 5.97 Å². The van der Waals surface area contributed by atoms with Crippen LogP contribution in [-0.2, 0) is 25.1 Å². The summed E-state index contributed by atoms with van der Waals surface area (Å²) in [6.07, 6.45) is 1.06. The van der Waals surface area contributed by atoms with Gasteiger partial charge in [0.15, 0.2) is 15.9 Å². The van der Waals surface area contributed by atoms with Crippen LogP contribution in [0.4, 0.5) is 0 Å². The van der Waals surface area contributed by atoms with Gasteiger partial charge in [-0.15, -0.1) is 0 Å². The maximum Gasteiger partial charge on any atom is 0.338 e. The Balaban J connectivity index is 2.64. The standard InChI is InChI=1S/C15H21NO5S/c1-4-9-16-14(17)11(2)21-15(18)13-7-5-12(6-8-13)10-22(3,19)20/h5-8,11H,4,9-10H2,1-3H3,(H,16,17). The number of nitrogens with one attached hydrogen (secondary N) is 1. The molecule has 0 aromatic heterocycles. The summed E-state index contributed by atoms with van der Waals surface area (Å²) >= 11 is 0. The molecule has 0 spiro atoms. The highest BCUT2D eigenvalue weighted by Crippen LogP contribution is 2.10. The minimum Gasteiger partial charge on any atom is -0.449 e. The van der Waals surface area contributed by atoms with Crippen LogP contribution < -0.4 is 5.32 Å². The fraction of sp³-hybridized carbons (Fsp3) is 0.467. The molecule has 1 N–H and O–H groups in total. The zero-order chi connectivity index (χ0) is 16.8. The van der Waals surface area contributed by atoms with Gasteiger partial charge < -0.3 is 10.1 Å². The summed E-state index contributed by atoms with van der Waals surface area (Å²) in [5.41, 5.74) is 0.861. The van der Waals surface area contributed by atoms with Crippen LogP contribution in [0.25, 0.3) is 0 Å². The summed E-state index contributed by atoms with van der Waals surface area (Å²) in [5, 5.41) is 2.64. The number of carbonyl (C=O) groups excluding carboxylic acids is 2. The van der Waals surface area contributed by atoms with E-state index in [-0.39, 0.29) is 17.2 Å². The maximum atomic E-state index is 11.9. The van der Waals surface area contributed by atoms with Gasteiger partial charge in [-0.1, -0.05) is 19.1 Å². The molecule has 1 aromatic carbocycles. The van der Waals surface area contributed by atoms with Crippen LogP contribution in [0, 0.1) is 0 Å². The molecule has 1 aromatic rings. The Bertz CT molecular complexity index is 622. The number of hydrogen-bond donors (Lipinski definition) is 1. The number of benzene rings is 1. The lowest BCUT2D eigenvalue weighted by Gasteiger charge is -2.13. The molecule has 7 heteroatoms. The van der Waals surface area contributed by atoms with Gasteiger partial charge in [-0.25, -0.2) is 13.2 Å². The van der Waals surface area contributed by atoms with Crippen molar-refractivity contribution in [2.24, 2.45) is 0 Å². The Hall–Kier alpha value is -1.89. The lowest BCUT2D eigenvalue weighted by molar-refractivity contribution is -0.129. The molecule has 0 saturated carbocycles. The zero-order valence-corrected chi connectivity index (χ0v) is 13.8. The summed E-state index contributed by atoms with van der Waals surface area (Å²) in [6.45, 7) is 3.96. The van der Waals surface area contributed by atoms with E-state index in [1.807, 2.05) is 6.92 Å². The number of hydrogen-bond acceptors (Lipinski definition) is 5. The van der Waals surface area contributed by atoms with E-state index in [9.17, 15) is 18.0 Å². The number of carbonyl (C=O) groups is 2. The predicted octanol–water partition coefficient (Wildman–Crippen LogP) is 1.30. The van der Waals surface area contributed by atoms with E-state index in [4.69, 9.17) is 4.74 Å². The van der Waals surface area contributed by atoms with Crippen molar-refractivity contribution in [2.45, 2.75) is 32.1 Å². The smallest absolute Gasteiger partial charge is 0.338 e. The van der Waals surface area contributed by atoms with Crippen molar-refractivity contribution in [2.75, 3.05) is 12.8 Å². The Kier molecular flexibility index (Phi) is 6.55. The number of sulfone groups is 1. The molecule has 122 valence electrons. The van der Waals surface area contributed by atoms with E-state index in [0.29, 0.717) is 12.1 Å². The molecule has 22 heavy (non-hydrogen) atoms. The average molecular weight is 327 g/mol. The van der Waals surface area contributed by atoms with Crippen LogP contribution in [0.15, 0.2) is 24.3 Å². The summed E-state index contributed by atoms with van der Waals surface area (Å²) in [7, 11) is -3.12. The summed E-state index contributed by atoms with van der Waals surface area (Å²) < 4.78 is 27.4. The third-order valence-corrected chi connectivity index (χ3v) is 3.68. The Morgan fingerprint density at radius 3 is 2.32 bits per heavy atom. The highest BCUT2D eigenvalue weighted by Gasteiger charge is 2.18. The minimum atomic E-state index is -3.12. The molecule has 0 saturated heterocycles. The molecule has 6 nitrogen and oxygen atoms in total. The largest absolute Gasteiger partial charge is 0.449 e. The van der Waals surface area contributed by atoms with Crippen molar-refractivity contribution in [3.05, 3.63) is 35.4 Å². The molecular formula is C15H21NO5S. The second-order valence-corrected chi connectivity index (χ2v) is 7.25. The topological polar surface area (TPSA) is 89.5 Å². The third kappa shape index (κ3) is 6.26. The summed E-state index contributed by atoms with van der Waals surface area (Å²) in [4.78, 5) is 23.5. The lowest BCUT2D eigenvalue weighted by atomic mass is 10.1. The van der Waals surface area contributed by atoms with Crippen LogP contribution in [0.5, 0.6) is 0 Å². The molecule has 0 aliphatic heterocycles. The first-order valence-electron chi connectivity index (χ1n) is 6.98. The molecule has 1 amide bonds. The van der Waals surface area contributed by atoms with Gasteiger partial charge in [-0.05, 0) is 31.0 Å². The van der Waals surface area contributed by atoms with Crippen LogP contribution in [0.1, 0.15) is 36.2 Å². The van der Waals surface area contributed by atoms with Gasteiger partial charge in [0.2, 0.25) is 0 Å². The zero-order valence-electron chi connectivity index (χ0n) is 13.0. The highest BCUT2D eigenvalue weighted by atomic mass is 32.2. The third-order valence-electron chi connectivity index (χ3n) is 2.82. The van der Waals surface area contributed by atoms with Crippen molar-refractivity contribution < 1.29 is 22.7 Å². The van der Waals surface area contributed by atoms with E-state index in [1.165, 1.54) is 19.1 Å². The second kappa shape index (κ2) is 7.93. The van der Waals surface area contributed by atoms with Crippen LogP contribution >= 0.6 is 0 Å². The van der Waals surface area contributed by atoms with Crippen LogP contribution in [-0.4, -0.2) is 39.2 Å². The SMILES string of the molecule is CCCNC(=O)C(C)OC(=O)c1ccc(CS(C)(=O)=O)cc1. The normalized spacial score (nSPS) is 12.5. The molecular weight excluding hydrogens is 306 g/mol. The van der Waals surface area contributed by atoms with Gasteiger partial charge in [0.05, 0.1) is 11.3 Å². The number of amides is 1. The first kappa shape index (κ1) is 18.2. The second-order valence-electron chi connectivity index (χ2n) is 5.11. The van der Waals surface area contributed by atoms with Gasteiger partial charge in [-0.2, -0.15) is 0 Å². The lowest BCUT2D eigenvalue weighted by Crippen LogP contribution is -2.36. The van der Waals surface area contributed by atoms with Crippen molar-refractivity contribution in [3.8, 4) is 0 Å². The number of esters is 1. The van der Waals surface area contributed by atoms with Gasteiger partial charge in [0.1, 0.15) is 0 Å². The van der Waals surface area contributed by atoms with Gasteiger partial charge in [0, 0.05) is 12.8 Å². The Labute approximate surface area is 130 Å². The van der Waals surface area contributed by atoms with E-state index in [1.54, 1.807) is 12.1 Å². The molecule has 0 fully saturated rings. The first-order valence-corrected chi connectivity index (χ1v) is 9.04. The molecule has 0 aliphatic rings. The van der Waals surface area contributed by atoms with Gasteiger partial charge in [-0.3, -0.25) is 4.79 Å². The predicted molar refractivity (Wildman–Crippen MR) is 83.2 cm³/mol. The van der Waals surface area contributed by atoms with Crippen LogP contribution in [0.3, 0.4) is 0 Å². The van der Waals surface area contributed by atoms with Gasteiger partial charge in [0.25, 0.3) is 5.91 Å². The van der Waals surface area contributed by atoms with Crippen molar-refractivity contribution >= 4 is 21.7 Å². The van der Waals surface area contributed by atoms with Crippen LogP contribution in [0.2, 0.25) is 0 Å². The van der Waals surface area contributed by atoms with Crippen molar-refractivity contribution in [3.63, 3.8) is 0 Å². The molecule has 0 radical (unpaired) electrons. The summed E-state index contributed by atoms with van der Waals surface area (Å²) in [6, 6.07) is 6.08. The molecule has 0 heterocycles. The average Bonchev–Trinajstić information content (AvgIpc) is 2.43. The fourth-order valence-corrected chi connectivity index (χ4v) is 2.51.